The summed E-state index contributed by atoms with van der Waals surface area (Å²) in [5, 5.41) is 10.3. The van der Waals surface area contributed by atoms with Crippen LogP contribution in [0.15, 0.2) is 60.8 Å². The molecule has 1 saturated heterocycles. The molecule has 0 radical (unpaired) electrons. The fraction of sp³-hybridized carbons (Fsp3) is 0.438. The van der Waals surface area contributed by atoms with Crippen LogP contribution in [0.2, 0.25) is 0 Å². The van der Waals surface area contributed by atoms with Gasteiger partial charge in [0.05, 0.1) is 5.69 Å². The van der Waals surface area contributed by atoms with Crippen LogP contribution in [0.5, 0.6) is 0 Å². The fourth-order valence-electron chi connectivity index (χ4n) is 5.43. The van der Waals surface area contributed by atoms with Crippen LogP contribution in [-0.4, -0.2) is 57.6 Å². The van der Waals surface area contributed by atoms with Crippen molar-refractivity contribution >= 4 is 17.5 Å². The quantitative estimate of drug-likeness (QED) is 0.281. The number of amides is 1. The first-order chi connectivity index (χ1) is 19.4. The number of pyridine rings is 1. The smallest absolute Gasteiger partial charge is 0.249 e. The summed E-state index contributed by atoms with van der Waals surface area (Å²) in [5.41, 5.74) is 5.04. The zero-order valence-corrected chi connectivity index (χ0v) is 23.3. The van der Waals surface area contributed by atoms with Gasteiger partial charge in [0.25, 0.3) is 0 Å². The van der Waals surface area contributed by atoms with E-state index in [1.165, 1.54) is 18.9 Å². The Balaban J connectivity index is 1.18. The van der Waals surface area contributed by atoms with E-state index in [0.717, 1.165) is 34.6 Å². The van der Waals surface area contributed by atoms with E-state index >= 15 is 0 Å². The van der Waals surface area contributed by atoms with E-state index in [1.807, 2.05) is 29.2 Å². The molecule has 2 aromatic heterocycles. The van der Waals surface area contributed by atoms with Crippen LogP contribution < -0.4 is 5.32 Å². The maximum absolute atomic E-state index is 13.4. The van der Waals surface area contributed by atoms with Gasteiger partial charge in [0.2, 0.25) is 5.91 Å². The van der Waals surface area contributed by atoms with Crippen molar-refractivity contribution in [2.75, 3.05) is 25.0 Å². The number of carbonyl (C=O) groups excluding carboxylic acids is 2. The van der Waals surface area contributed by atoms with Gasteiger partial charge in [-0.1, -0.05) is 44.2 Å². The Morgan fingerprint density at radius 3 is 2.70 bits per heavy atom. The molecule has 1 aliphatic heterocycles. The number of aromatic nitrogens is 3. The van der Waals surface area contributed by atoms with E-state index in [1.54, 1.807) is 18.3 Å². The normalized spacial score (nSPS) is 18.4. The maximum Gasteiger partial charge on any atom is 0.249 e. The van der Waals surface area contributed by atoms with Crippen LogP contribution in [0.4, 0.5) is 10.2 Å². The minimum absolute atomic E-state index is 0.166. The zero-order valence-electron chi connectivity index (χ0n) is 23.3. The fourth-order valence-corrected chi connectivity index (χ4v) is 5.43. The number of carbonyl (C=O) groups is 2. The molecule has 2 N–H and O–H groups in total. The molecule has 3 heterocycles. The van der Waals surface area contributed by atoms with Gasteiger partial charge < -0.3 is 5.32 Å². The Bertz CT molecular complexity index is 1350. The Kier molecular flexibility index (Phi) is 8.85. The molecule has 3 aromatic rings. The zero-order chi connectivity index (χ0) is 28.1. The highest BCUT2D eigenvalue weighted by Crippen LogP contribution is 2.39. The number of nitrogens with zero attached hydrogens (tertiary/aromatic N) is 3. The van der Waals surface area contributed by atoms with Crippen molar-refractivity contribution in [1.82, 2.24) is 20.1 Å². The van der Waals surface area contributed by atoms with Gasteiger partial charge in [-0.25, -0.2) is 9.37 Å². The van der Waals surface area contributed by atoms with Gasteiger partial charge >= 0.3 is 0 Å². The predicted octanol–water partition coefficient (Wildman–Crippen LogP) is 5.83. The number of ketones is 1. The van der Waals surface area contributed by atoms with Gasteiger partial charge in [0, 0.05) is 61.4 Å². The van der Waals surface area contributed by atoms with Crippen LogP contribution in [0.3, 0.4) is 0 Å². The van der Waals surface area contributed by atoms with E-state index in [9.17, 15) is 14.0 Å². The van der Waals surface area contributed by atoms with Gasteiger partial charge in [-0.05, 0) is 60.9 Å². The molecule has 210 valence electrons. The maximum atomic E-state index is 13.4. The molecule has 1 amide bonds. The Morgan fingerprint density at radius 2 is 2.00 bits per heavy atom. The van der Waals surface area contributed by atoms with Crippen LogP contribution in [0, 0.1) is 5.92 Å². The number of rotatable bonds is 12. The van der Waals surface area contributed by atoms with Crippen LogP contribution in [-0.2, 0) is 16.0 Å². The van der Waals surface area contributed by atoms with Gasteiger partial charge in [0.15, 0.2) is 0 Å². The molecule has 40 heavy (non-hydrogen) atoms. The summed E-state index contributed by atoms with van der Waals surface area (Å²) in [7, 11) is 0. The van der Waals surface area contributed by atoms with Gasteiger partial charge in [-0.2, -0.15) is 5.10 Å². The molecule has 1 saturated carbocycles. The molecular formula is C32H38FN5O2. The first-order valence-corrected chi connectivity index (χ1v) is 14.3. The largest absolute Gasteiger partial charge is 0.307 e. The average molecular weight is 544 g/mol. The number of benzene rings is 1. The number of hydrogen-bond acceptors (Lipinski definition) is 5. The summed E-state index contributed by atoms with van der Waals surface area (Å²) in [4.78, 5) is 32.0. The molecule has 2 atom stereocenters. The highest BCUT2D eigenvalue weighted by atomic mass is 19.1. The van der Waals surface area contributed by atoms with Crippen LogP contribution in [0.1, 0.15) is 68.3 Å². The molecule has 1 aliphatic carbocycles. The highest BCUT2D eigenvalue weighted by molar-refractivity contribution is 5.98. The summed E-state index contributed by atoms with van der Waals surface area (Å²) in [6, 6.07) is 13.9. The van der Waals surface area contributed by atoms with Crippen molar-refractivity contribution in [1.29, 1.82) is 0 Å². The summed E-state index contributed by atoms with van der Waals surface area (Å²) < 4.78 is 13.3. The van der Waals surface area contributed by atoms with Gasteiger partial charge in [0.1, 0.15) is 17.8 Å². The van der Waals surface area contributed by atoms with Crippen molar-refractivity contribution in [2.45, 2.75) is 64.0 Å². The molecule has 5 rings (SSSR count). The first kappa shape index (κ1) is 27.9. The number of aromatic amines is 1. The highest BCUT2D eigenvalue weighted by Gasteiger charge is 2.27. The third-order valence-corrected chi connectivity index (χ3v) is 7.74. The van der Waals surface area contributed by atoms with Crippen molar-refractivity contribution < 1.29 is 14.0 Å². The number of alkyl halides is 1. The SMILES string of the molecule is CC(C)C(C(=O)CCc1cc(C2CC2)n[nH]1)c1cccc(-c2ccc(NC(=O)/C=C/CN3CCC(F)C3)nc2)c1. The molecule has 8 heteroatoms. The lowest BCUT2D eigenvalue weighted by atomic mass is 9.82. The second kappa shape index (κ2) is 12.7. The third kappa shape index (κ3) is 7.30. The topological polar surface area (TPSA) is 91.0 Å². The third-order valence-electron chi connectivity index (χ3n) is 7.74. The van der Waals surface area contributed by atoms with E-state index < -0.39 is 6.17 Å². The Hall–Kier alpha value is -3.65. The van der Waals surface area contributed by atoms with Crippen molar-refractivity contribution in [3.63, 3.8) is 0 Å². The molecule has 2 aliphatic rings. The molecule has 0 spiro atoms. The second-order valence-electron chi connectivity index (χ2n) is 11.4. The standard InChI is InChI=1S/C32H38FN5O2/c1-21(2)32(29(39)12-11-27-18-28(37-36-27)22-8-9-22)24-6-3-5-23(17-24)25-10-13-30(34-19-25)35-31(40)7-4-15-38-16-14-26(33)20-38/h3-7,10,13,17-19,21-22,26,32H,8-9,11-12,14-16,20H2,1-2H3,(H,36,37)(H,34,35,40)/b7-4+. The number of halogens is 1. The molecule has 2 unspecified atom stereocenters. The lowest BCUT2D eigenvalue weighted by Crippen LogP contribution is -2.21. The molecule has 2 fully saturated rings. The number of likely N-dealkylation sites (tertiary alicyclic amines) is 1. The summed E-state index contributed by atoms with van der Waals surface area (Å²) in [5.74, 6) is 0.989. The Labute approximate surface area is 235 Å². The minimum Gasteiger partial charge on any atom is -0.307 e. The number of nitrogens with one attached hydrogen (secondary N) is 2. The first-order valence-electron chi connectivity index (χ1n) is 14.3. The average Bonchev–Trinajstić information content (AvgIpc) is 3.53. The van der Waals surface area contributed by atoms with Crippen molar-refractivity contribution in [2.24, 2.45) is 5.92 Å². The summed E-state index contributed by atoms with van der Waals surface area (Å²) in [6.07, 6.45) is 8.29. The number of hydrogen-bond donors (Lipinski definition) is 2. The molecule has 7 nitrogen and oxygen atoms in total. The lowest BCUT2D eigenvalue weighted by Gasteiger charge is -2.21. The van der Waals surface area contributed by atoms with Crippen LogP contribution in [0.25, 0.3) is 11.1 Å². The summed E-state index contributed by atoms with van der Waals surface area (Å²) in [6.45, 7) is 5.88. The van der Waals surface area contributed by atoms with Gasteiger partial charge in [-0.15, -0.1) is 0 Å². The molecule has 1 aromatic carbocycles. The molecule has 0 bridgehead atoms. The second-order valence-corrected chi connectivity index (χ2v) is 11.4. The number of aryl methyl sites for hydroxylation is 1. The number of Topliss-reactive ketones (excluding diaryl/α,β-unsaturated/α-hetero) is 1. The van der Waals surface area contributed by atoms with E-state index in [2.05, 4.69) is 46.5 Å². The van der Waals surface area contributed by atoms with Gasteiger partial charge in [-0.3, -0.25) is 19.6 Å². The van der Waals surface area contributed by atoms with E-state index in [-0.39, 0.29) is 23.5 Å². The summed E-state index contributed by atoms with van der Waals surface area (Å²) >= 11 is 0. The monoisotopic (exact) mass is 543 g/mol. The number of anilines is 1. The Morgan fingerprint density at radius 1 is 1.15 bits per heavy atom. The van der Waals surface area contributed by atoms with E-state index in [0.29, 0.717) is 44.1 Å². The van der Waals surface area contributed by atoms with Crippen molar-refractivity contribution in [3.05, 3.63) is 77.8 Å². The number of H-pyrrole nitrogens is 1. The molecular weight excluding hydrogens is 505 g/mol. The minimum atomic E-state index is -0.768. The lowest BCUT2D eigenvalue weighted by molar-refractivity contribution is -0.121. The van der Waals surface area contributed by atoms with Crippen LogP contribution >= 0.6 is 0 Å². The van der Waals surface area contributed by atoms with Crippen molar-refractivity contribution in [3.8, 4) is 11.1 Å². The van der Waals surface area contributed by atoms with E-state index in [4.69, 9.17) is 0 Å². The predicted molar refractivity (Wildman–Crippen MR) is 155 cm³/mol.